The van der Waals surface area contributed by atoms with Gasteiger partial charge in [-0.1, -0.05) is 51.4 Å². The molecule has 0 unspecified atom stereocenters. The number of rotatable bonds is 6. The Bertz CT molecular complexity index is 244. The van der Waals surface area contributed by atoms with Crippen LogP contribution in [0.1, 0.15) is 44.9 Å². The third-order valence-electron chi connectivity index (χ3n) is 3.85. The molecule has 0 radical (unpaired) electrons. The monoisotopic (exact) mass is 286 g/mol. The summed E-state index contributed by atoms with van der Waals surface area (Å²) in [7, 11) is -2.28. The van der Waals surface area contributed by atoms with E-state index >= 15 is 0 Å². The fourth-order valence-electron chi connectivity index (χ4n) is 3.19. The zero-order valence-corrected chi connectivity index (χ0v) is 15.6. The summed E-state index contributed by atoms with van der Waals surface area (Å²) >= 11 is 0. The summed E-state index contributed by atoms with van der Waals surface area (Å²) in [5.41, 5.74) is 0.266. The van der Waals surface area contributed by atoms with Crippen molar-refractivity contribution in [1.29, 1.82) is 0 Å². The van der Waals surface area contributed by atoms with Gasteiger partial charge < -0.3 is 4.43 Å². The van der Waals surface area contributed by atoms with Crippen molar-refractivity contribution >= 4 is 16.4 Å². The lowest BCUT2D eigenvalue weighted by Gasteiger charge is -2.42. The first-order chi connectivity index (χ1) is 8.12. The van der Waals surface area contributed by atoms with Gasteiger partial charge >= 0.3 is 0 Å². The van der Waals surface area contributed by atoms with Gasteiger partial charge in [0.25, 0.3) is 0 Å². The average Bonchev–Trinajstić information content (AvgIpc) is 2.13. The van der Waals surface area contributed by atoms with E-state index in [1.54, 1.807) is 0 Å². The smallest absolute Gasteiger partial charge is 0.184 e. The van der Waals surface area contributed by atoms with Gasteiger partial charge in [0.15, 0.2) is 8.32 Å². The van der Waals surface area contributed by atoms with Crippen LogP contribution < -0.4 is 0 Å². The van der Waals surface area contributed by atoms with Gasteiger partial charge in [-0.3, -0.25) is 0 Å². The molecular weight excluding hydrogens is 252 g/mol. The summed E-state index contributed by atoms with van der Waals surface area (Å²) in [6.45, 7) is 14.5. The standard InChI is InChI=1S/C15H34OSi2/c1-17(2,3)14-10-13-15(16-18(4,5)6)11-8-7-9-12-15/h7-14H2,1-6H3. The molecule has 1 aliphatic rings. The lowest BCUT2D eigenvalue weighted by Crippen LogP contribution is -2.44. The van der Waals surface area contributed by atoms with Gasteiger partial charge in [0, 0.05) is 8.07 Å². The first kappa shape index (κ1) is 16.4. The zero-order valence-electron chi connectivity index (χ0n) is 13.6. The summed E-state index contributed by atoms with van der Waals surface area (Å²) in [5.74, 6) is 0. The van der Waals surface area contributed by atoms with Gasteiger partial charge in [-0.15, -0.1) is 0 Å². The van der Waals surface area contributed by atoms with Crippen LogP contribution in [0.3, 0.4) is 0 Å². The van der Waals surface area contributed by atoms with E-state index in [0.29, 0.717) is 0 Å². The van der Waals surface area contributed by atoms with E-state index in [1.807, 2.05) is 0 Å². The van der Waals surface area contributed by atoms with Crippen LogP contribution in [0.25, 0.3) is 0 Å². The molecule has 0 saturated heterocycles. The molecular formula is C15H34OSi2. The molecule has 0 bridgehead atoms. The first-order valence-corrected chi connectivity index (χ1v) is 14.9. The van der Waals surface area contributed by atoms with Crippen molar-refractivity contribution in [3.05, 3.63) is 0 Å². The molecule has 0 aliphatic heterocycles. The molecule has 0 spiro atoms. The van der Waals surface area contributed by atoms with Crippen molar-refractivity contribution in [2.24, 2.45) is 0 Å². The van der Waals surface area contributed by atoms with E-state index in [-0.39, 0.29) is 5.60 Å². The van der Waals surface area contributed by atoms with Crippen LogP contribution in [0.4, 0.5) is 0 Å². The Kier molecular flexibility index (Phi) is 5.69. The quantitative estimate of drug-likeness (QED) is 0.572. The van der Waals surface area contributed by atoms with Gasteiger partial charge in [0.05, 0.1) is 5.60 Å². The Balaban J connectivity index is 2.55. The summed E-state index contributed by atoms with van der Waals surface area (Å²) < 4.78 is 6.64. The molecule has 1 aliphatic carbocycles. The average molecular weight is 287 g/mol. The van der Waals surface area contributed by atoms with Gasteiger partial charge in [0.2, 0.25) is 0 Å². The highest BCUT2D eigenvalue weighted by Crippen LogP contribution is 2.38. The molecule has 1 rings (SSSR count). The maximum Gasteiger partial charge on any atom is 0.184 e. The molecule has 18 heavy (non-hydrogen) atoms. The Morgan fingerprint density at radius 1 is 0.889 bits per heavy atom. The summed E-state index contributed by atoms with van der Waals surface area (Å²) in [4.78, 5) is 0. The lowest BCUT2D eigenvalue weighted by atomic mass is 9.82. The molecule has 1 fully saturated rings. The molecule has 0 aromatic rings. The predicted molar refractivity (Wildman–Crippen MR) is 87.6 cm³/mol. The Hall–Kier alpha value is 0.394. The van der Waals surface area contributed by atoms with E-state index in [0.717, 1.165) is 0 Å². The molecule has 0 aromatic carbocycles. The van der Waals surface area contributed by atoms with Crippen LogP contribution >= 0.6 is 0 Å². The summed E-state index contributed by atoms with van der Waals surface area (Å²) in [6.07, 6.45) is 9.55. The molecule has 1 saturated carbocycles. The van der Waals surface area contributed by atoms with E-state index < -0.39 is 16.4 Å². The van der Waals surface area contributed by atoms with Crippen LogP contribution in [0.2, 0.25) is 45.3 Å². The second-order valence-electron chi connectivity index (χ2n) is 8.37. The van der Waals surface area contributed by atoms with Crippen molar-refractivity contribution in [3.8, 4) is 0 Å². The minimum atomic E-state index is -1.40. The Morgan fingerprint density at radius 3 is 1.89 bits per heavy atom. The van der Waals surface area contributed by atoms with E-state index in [2.05, 4.69) is 39.3 Å². The molecule has 0 heterocycles. The normalized spacial score (nSPS) is 21.0. The third kappa shape index (κ3) is 6.53. The predicted octanol–water partition coefficient (Wildman–Crippen LogP) is 5.66. The zero-order chi connectivity index (χ0) is 13.9. The molecule has 0 amide bonds. The highest BCUT2D eigenvalue weighted by atomic mass is 28.4. The molecule has 3 heteroatoms. The second-order valence-corrected chi connectivity index (χ2v) is 18.4. The van der Waals surface area contributed by atoms with Crippen LogP contribution in [0.5, 0.6) is 0 Å². The van der Waals surface area contributed by atoms with E-state index in [9.17, 15) is 0 Å². The van der Waals surface area contributed by atoms with Crippen LogP contribution in [-0.2, 0) is 4.43 Å². The maximum atomic E-state index is 6.64. The lowest BCUT2D eigenvalue weighted by molar-refractivity contribution is 0.0138. The van der Waals surface area contributed by atoms with Crippen LogP contribution in [-0.4, -0.2) is 22.0 Å². The largest absolute Gasteiger partial charge is 0.412 e. The van der Waals surface area contributed by atoms with Crippen molar-refractivity contribution < 1.29 is 4.43 Å². The fraction of sp³-hybridized carbons (Fsp3) is 1.00. The second kappa shape index (κ2) is 6.23. The Morgan fingerprint density at radius 2 is 1.44 bits per heavy atom. The van der Waals surface area contributed by atoms with Crippen LogP contribution in [0.15, 0.2) is 0 Å². The third-order valence-corrected chi connectivity index (χ3v) is 6.75. The minimum Gasteiger partial charge on any atom is -0.412 e. The topological polar surface area (TPSA) is 9.23 Å². The first-order valence-electron chi connectivity index (χ1n) is 7.82. The van der Waals surface area contributed by atoms with Gasteiger partial charge in [-0.25, -0.2) is 0 Å². The Labute approximate surface area is 117 Å². The van der Waals surface area contributed by atoms with Crippen molar-refractivity contribution in [1.82, 2.24) is 0 Å². The highest BCUT2D eigenvalue weighted by Gasteiger charge is 2.36. The fourth-order valence-corrected chi connectivity index (χ4v) is 6.03. The SMILES string of the molecule is C[Si](C)(C)CCCC1(O[Si](C)(C)C)CCCCC1. The molecule has 0 aromatic heterocycles. The maximum absolute atomic E-state index is 6.64. The van der Waals surface area contributed by atoms with Gasteiger partial charge in [-0.2, -0.15) is 0 Å². The van der Waals surface area contributed by atoms with Crippen molar-refractivity contribution in [2.45, 2.75) is 95.9 Å². The van der Waals surface area contributed by atoms with Crippen LogP contribution in [0, 0.1) is 0 Å². The molecule has 0 N–H and O–H groups in total. The molecule has 1 nitrogen and oxygen atoms in total. The summed E-state index contributed by atoms with van der Waals surface area (Å²) in [6, 6.07) is 1.46. The van der Waals surface area contributed by atoms with Crippen molar-refractivity contribution in [3.63, 3.8) is 0 Å². The van der Waals surface area contributed by atoms with E-state index in [1.165, 1.54) is 51.0 Å². The molecule has 108 valence electrons. The van der Waals surface area contributed by atoms with Gasteiger partial charge in [-0.05, 0) is 38.9 Å². The number of hydrogen-bond donors (Lipinski definition) is 0. The van der Waals surface area contributed by atoms with Crippen molar-refractivity contribution in [2.75, 3.05) is 0 Å². The minimum absolute atomic E-state index is 0.266. The van der Waals surface area contributed by atoms with Gasteiger partial charge in [0.1, 0.15) is 0 Å². The molecule has 0 atom stereocenters. The highest BCUT2D eigenvalue weighted by molar-refractivity contribution is 6.76. The number of hydrogen-bond acceptors (Lipinski definition) is 1. The summed E-state index contributed by atoms with van der Waals surface area (Å²) in [5, 5.41) is 0. The van der Waals surface area contributed by atoms with E-state index in [4.69, 9.17) is 4.43 Å².